The second-order valence-corrected chi connectivity index (χ2v) is 10.4. The molecule has 0 aromatic rings. The van der Waals surface area contributed by atoms with Crippen LogP contribution in [0, 0.1) is 5.41 Å². The Morgan fingerprint density at radius 3 is 1.33 bits per heavy atom. The Balaban J connectivity index is 0. The first-order valence-corrected chi connectivity index (χ1v) is 15.0. The van der Waals surface area contributed by atoms with Gasteiger partial charge in [0.1, 0.15) is 11.7 Å². The zero-order valence-electron chi connectivity index (χ0n) is 24.5. The molecule has 9 nitrogen and oxygen atoms in total. The second-order valence-electron chi connectivity index (χ2n) is 10.4. The van der Waals surface area contributed by atoms with Crippen molar-refractivity contribution >= 4 is 30.0 Å². The number of carboxylic acid groups (broad SMARTS) is 2. The first-order chi connectivity index (χ1) is 18.8. The van der Waals surface area contributed by atoms with Crippen molar-refractivity contribution in [2.24, 2.45) is 5.41 Å². The van der Waals surface area contributed by atoms with E-state index in [2.05, 4.69) is 12.2 Å². The molecule has 1 saturated heterocycles. The second kappa shape index (κ2) is 27.3. The molecule has 1 aliphatic rings. The third-order valence-corrected chi connectivity index (χ3v) is 7.00. The molecule has 39 heavy (non-hydrogen) atoms. The number of carboxylic acids is 2. The predicted octanol–water partition coefficient (Wildman–Crippen LogP) is 6.19. The van der Waals surface area contributed by atoms with Gasteiger partial charge in [0.25, 0.3) is 0 Å². The Bertz CT molecular complexity index is 653. The molecule has 0 aliphatic carbocycles. The number of aliphatic hydroxyl groups is 1. The fourth-order valence-corrected chi connectivity index (χ4v) is 4.54. The molecule has 1 aliphatic heterocycles. The molecular weight excluding hydrogens is 502 g/mol. The van der Waals surface area contributed by atoms with Gasteiger partial charge in [-0.05, 0) is 19.3 Å². The number of hydrogen-bond acceptors (Lipinski definition) is 6. The molecule has 4 N–H and O–H groups in total. The van der Waals surface area contributed by atoms with Crippen molar-refractivity contribution in [3.05, 3.63) is 0 Å². The molecule has 0 saturated carbocycles. The van der Waals surface area contributed by atoms with Crippen LogP contribution in [0.25, 0.3) is 0 Å². The van der Waals surface area contributed by atoms with Crippen LogP contribution in [0.2, 0.25) is 0 Å². The molecule has 0 spiro atoms. The SMILES string of the molecule is CCCCCCCCCCCC(C=O)(CCCCCCCCCCC(=O)O)C(=O)O.CO.O=C1CCC(=O)N1. The van der Waals surface area contributed by atoms with Gasteiger partial charge in [-0.15, -0.1) is 0 Å². The minimum atomic E-state index is -1.20. The summed E-state index contributed by atoms with van der Waals surface area (Å²) in [5, 5.41) is 27.4. The van der Waals surface area contributed by atoms with E-state index < -0.39 is 17.4 Å². The number of hydrogen-bond donors (Lipinski definition) is 4. The summed E-state index contributed by atoms with van der Waals surface area (Å²) in [4.78, 5) is 54.1. The normalized spacial score (nSPS) is 13.8. The largest absolute Gasteiger partial charge is 0.481 e. The molecule has 0 radical (unpaired) electrons. The molecule has 1 atom stereocenters. The average Bonchev–Trinajstić information content (AvgIpc) is 3.30. The molecular formula is C30H55NO8. The van der Waals surface area contributed by atoms with Crippen LogP contribution < -0.4 is 5.32 Å². The number of aliphatic carboxylic acids is 2. The van der Waals surface area contributed by atoms with Crippen molar-refractivity contribution < 1.29 is 39.3 Å². The molecule has 1 unspecified atom stereocenters. The summed E-state index contributed by atoms with van der Waals surface area (Å²) in [6.07, 6.45) is 20.9. The number of carbonyl (C=O) groups is 5. The van der Waals surface area contributed by atoms with Crippen molar-refractivity contribution in [3.63, 3.8) is 0 Å². The van der Waals surface area contributed by atoms with Gasteiger partial charge in [0.05, 0.1) is 0 Å². The zero-order valence-corrected chi connectivity index (χ0v) is 24.5. The number of aliphatic hydroxyl groups excluding tert-OH is 1. The average molecular weight is 558 g/mol. The van der Waals surface area contributed by atoms with Crippen molar-refractivity contribution in [1.82, 2.24) is 5.32 Å². The van der Waals surface area contributed by atoms with Gasteiger partial charge in [-0.2, -0.15) is 0 Å². The van der Waals surface area contributed by atoms with Crippen molar-refractivity contribution in [3.8, 4) is 0 Å². The van der Waals surface area contributed by atoms with Gasteiger partial charge >= 0.3 is 11.9 Å². The van der Waals surface area contributed by atoms with Crippen LogP contribution in [-0.4, -0.2) is 52.5 Å². The summed E-state index contributed by atoms with van der Waals surface area (Å²) in [6.45, 7) is 2.22. The van der Waals surface area contributed by atoms with E-state index in [9.17, 15) is 29.1 Å². The fraction of sp³-hybridized carbons (Fsp3) is 0.833. The van der Waals surface area contributed by atoms with Gasteiger partial charge in [-0.1, -0.05) is 110 Å². The molecule has 1 rings (SSSR count). The maximum Gasteiger partial charge on any atom is 0.316 e. The number of nitrogens with one attached hydrogen (secondary N) is 1. The van der Waals surface area contributed by atoms with Crippen molar-refractivity contribution in [2.45, 2.75) is 148 Å². The topological polar surface area (TPSA) is 158 Å². The Kier molecular flexibility index (Phi) is 27.2. The van der Waals surface area contributed by atoms with E-state index in [0.29, 0.717) is 32.0 Å². The van der Waals surface area contributed by atoms with E-state index in [1.807, 2.05) is 0 Å². The highest BCUT2D eigenvalue weighted by molar-refractivity contribution is 6.01. The lowest BCUT2D eigenvalue weighted by Crippen LogP contribution is -2.32. The third-order valence-electron chi connectivity index (χ3n) is 7.00. The lowest BCUT2D eigenvalue weighted by atomic mass is 9.79. The van der Waals surface area contributed by atoms with E-state index in [-0.39, 0.29) is 18.2 Å². The lowest BCUT2D eigenvalue weighted by molar-refractivity contribution is -0.152. The molecule has 228 valence electrons. The first-order valence-electron chi connectivity index (χ1n) is 15.0. The maximum absolute atomic E-state index is 11.8. The number of aldehydes is 1. The summed E-state index contributed by atoms with van der Waals surface area (Å²) in [5.74, 6) is -1.99. The number of unbranched alkanes of at least 4 members (excludes halogenated alkanes) is 15. The van der Waals surface area contributed by atoms with Crippen molar-refractivity contribution in [2.75, 3.05) is 7.11 Å². The van der Waals surface area contributed by atoms with E-state index in [0.717, 1.165) is 77.7 Å². The summed E-state index contributed by atoms with van der Waals surface area (Å²) < 4.78 is 0. The molecule has 0 aromatic carbocycles. The van der Waals surface area contributed by atoms with E-state index >= 15 is 0 Å². The standard InChI is InChI=1S/C25H46O5.C4H5NO2.CH4O/c1-2-3-4-5-6-8-11-14-17-20-25(22-26,24(29)30)21-18-15-12-9-7-10-13-16-19-23(27)28;6-3-1-2-4(7)5-3;1-2/h22H,2-21H2,1H3,(H,27,28)(H,29,30);1-2H2,(H,5,6,7);2H,1H3. The number of carbonyl (C=O) groups excluding carboxylic acids is 3. The van der Waals surface area contributed by atoms with Gasteiger partial charge in [0.2, 0.25) is 11.8 Å². The van der Waals surface area contributed by atoms with Gasteiger partial charge in [0.15, 0.2) is 0 Å². The Labute approximate surface area is 235 Å². The Morgan fingerprint density at radius 1 is 0.692 bits per heavy atom. The third kappa shape index (κ3) is 23.3. The Morgan fingerprint density at radius 2 is 1.05 bits per heavy atom. The number of imide groups is 1. The van der Waals surface area contributed by atoms with E-state index in [1.54, 1.807) is 0 Å². The van der Waals surface area contributed by atoms with Crippen LogP contribution in [0.1, 0.15) is 148 Å². The zero-order chi connectivity index (χ0) is 29.8. The van der Waals surface area contributed by atoms with E-state index in [1.165, 1.54) is 38.5 Å². The molecule has 0 bridgehead atoms. The smallest absolute Gasteiger partial charge is 0.316 e. The molecule has 0 aromatic heterocycles. The van der Waals surface area contributed by atoms with Crippen LogP contribution in [0.4, 0.5) is 0 Å². The summed E-state index contributed by atoms with van der Waals surface area (Å²) in [5.41, 5.74) is -1.20. The number of rotatable bonds is 23. The van der Waals surface area contributed by atoms with Gasteiger partial charge in [-0.3, -0.25) is 24.5 Å². The van der Waals surface area contributed by atoms with Crippen LogP contribution in [0.15, 0.2) is 0 Å². The monoisotopic (exact) mass is 557 g/mol. The van der Waals surface area contributed by atoms with E-state index in [4.69, 9.17) is 10.2 Å². The minimum Gasteiger partial charge on any atom is -0.481 e. The quantitative estimate of drug-likeness (QED) is 0.0500. The van der Waals surface area contributed by atoms with Gasteiger partial charge in [-0.25, -0.2) is 0 Å². The summed E-state index contributed by atoms with van der Waals surface area (Å²) in [6, 6.07) is 0. The summed E-state index contributed by atoms with van der Waals surface area (Å²) >= 11 is 0. The van der Waals surface area contributed by atoms with Gasteiger partial charge in [0, 0.05) is 26.4 Å². The van der Waals surface area contributed by atoms with Crippen molar-refractivity contribution in [1.29, 1.82) is 0 Å². The lowest BCUT2D eigenvalue weighted by Gasteiger charge is -2.23. The predicted molar refractivity (Wildman–Crippen MR) is 152 cm³/mol. The van der Waals surface area contributed by atoms with Crippen LogP contribution in [-0.2, 0) is 24.0 Å². The molecule has 2 amide bonds. The minimum absolute atomic E-state index is 0.148. The highest BCUT2D eigenvalue weighted by Crippen LogP contribution is 2.30. The first kappa shape index (κ1) is 38.9. The number of amides is 2. The fourth-order valence-electron chi connectivity index (χ4n) is 4.54. The highest BCUT2D eigenvalue weighted by atomic mass is 16.4. The molecule has 9 heteroatoms. The Hall–Kier alpha value is -2.29. The van der Waals surface area contributed by atoms with Crippen LogP contribution in [0.3, 0.4) is 0 Å². The van der Waals surface area contributed by atoms with Gasteiger partial charge < -0.3 is 20.1 Å². The molecule has 1 fully saturated rings. The molecule has 1 heterocycles. The summed E-state index contributed by atoms with van der Waals surface area (Å²) in [7, 11) is 1.00. The van der Waals surface area contributed by atoms with Crippen LogP contribution in [0.5, 0.6) is 0 Å². The maximum atomic E-state index is 11.8. The highest BCUT2D eigenvalue weighted by Gasteiger charge is 2.37. The van der Waals surface area contributed by atoms with Crippen LogP contribution >= 0.6 is 0 Å².